The molecule has 0 bridgehead atoms. The molecule has 22 aromatic rings. The van der Waals surface area contributed by atoms with E-state index in [1.165, 1.54) is 132 Å². The van der Waals surface area contributed by atoms with Crippen molar-refractivity contribution in [2.75, 3.05) is 0 Å². The number of hydrogen-bond acceptors (Lipinski definition) is 4. The van der Waals surface area contributed by atoms with E-state index in [0.717, 1.165) is 9.35 Å². The second-order valence-corrected chi connectivity index (χ2v) is 50.1. The van der Waals surface area contributed by atoms with Gasteiger partial charge in [-0.3, -0.25) is 0 Å². The van der Waals surface area contributed by atoms with Gasteiger partial charge in [-0.2, -0.15) is 0 Å². The van der Waals surface area contributed by atoms with Gasteiger partial charge >= 0.3 is 7.12 Å². The van der Waals surface area contributed by atoms with Crippen LogP contribution in [0.25, 0.3) is 10.4 Å². The van der Waals surface area contributed by atoms with E-state index in [4.69, 9.17) is 10.0 Å². The van der Waals surface area contributed by atoms with Crippen molar-refractivity contribution in [1.29, 1.82) is 0 Å². The number of hydrogen-bond donors (Lipinski definition) is 2. The van der Waals surface area contributed by atoms with Crippen molar-refractivity contribution in [3.8, 4) is 10.4 Å². The summed E-state index contributed by atoms with van der Waals surface area (Å²) in [6.45, 7) is 6.13. The van der Waals surface area contributed by atoms with E-state index >= 15 is 0 Å². The Morgan fingerprint density at radius 3 is 0.393 bits per heavy atom. The first kappa shape index (κ1) is 110. The molecule has 718 valence electrons. The Morgan fingerprint density at radius 1 is 0.172 bits per heavy atom. The van der Waals surface area contributed by atoms with Gasteiger partial charge in [-0.25, -0.2) is 0 Å². The van der Waals surface area contributed by atoms with Crippen LogP contribution in [0.3, 0.4) is 0 Å². The predicted octanol–water partition coefficient (Wildman–Crippen LogP) is 27.6. The van der Waals surface area contributed by atoms with Gasteiger partial charge < -0.3 is 10.0 Å². The molecule has 2 heterocycles. The van der Waals surface area contributed by atoms with Crippen molar-refractivity contribution in [2.45, 2.75) is 20.8 Å². The number of benzene rings is 20. The van der Waals surface area contributed by atoms with Gasteiger partial charge in [0.25, 0.3) is 0 Å². The van der Waals surface area contributed by atoms with Crippen LogP contribution in [0.2, 0.25) is 0 Å². The third-order valence-corrected chi connectivity index (χ3v) is 41.3. The average molecular weight is 2250 g/mol. The molecular weight excluding hydrogens is 2130 g/mol. The first-order chi connectivity index (χ1) is 71.0. The van der Waals surface area contributed by atoms with E-state index in [2.05, 4.69) is 634 Å². The van der Waals surface area contributed by atoms with E-state index < -0.39 is 54.6 Å². The zero-order valence-corrected chi connectivity index (χ0v) is 92.7. The molecule has 0 saturated heterocycles. The quantitative estimate of drug-likeness (QED) is 0.0590. The van der Waals surface area contributed by atoms with Crippen LogP contribution in [-0.4, -0.2) is 17.2 Å². The molecule has 0 fully saturated rings. The Labute approximate surface area is 905 Å². The second kappa shape index (κ2) is 62.1. The molecule has 145 heavy (non-hydrogen) atoms. The number of halogens is 2. The van der Waals surface area contributed by atoms with E-state index in [9.17, 15) is 0 Å². The fraction of sp³-hybridized carbons (Fsp3) is 0.0229. The van der Waals surface area contributed by atoms with Crippen LogP contribution >= 0.6 is 102 Å². The van der Waals surface area contributed by atoms with E-state index in [-0.39, 0.29) is 20.4 Å². The van der Waals surface area contributed by atoms with Gasteiger partial charge in [-0.05, 0) is 213 Å². The molecule has 0 radical (unpaired) electrons. The van der Waals surface area contributed by atoms with Gasteiger partial charge in [-0.15, -0.1) is 22.7 Å². The van der Waals surface area contributed by atoms with Crippen molar-refractivity contribution >= 4 is 209 Å². The smallest absolute Gasteiger partial charge is 0.423 e. The third-order valence-electron chi connectivity index (χ3n) is 22.2. The monoisotopic (exact) mass is 2240 g/mol. The Bertz CT molecular complexity index is 5700. The summed E-state index contributed by atoms with van der Waals surface area (Å²) >= 11 is 9.99. The number of rotatable bonds is 20. The Morgan fingerprint density at radius 2 is 0.297 bits per heavy atom. The molecule has 0 spiro atoms. The van der Waals surface area contributed by atoms with Crippen LogP contribution < -0.4 is 100 Å². The average Bonchev–Trinajstić information content (AvgIpc) is 0.901. The maximum atomic E-state index is 8.71. The molecule has 0 unspecified atom stereocenters. The summed E-state index contributed by atoms with van der Waals surface area (Å²) in [6, 6.07) is 219. The summed E-state index contributed by atoms with van der Waals surface area (Å²) in [7, 11) is -4.01. The first-order valence-corrected chi connectivity index (χ1v) is 58.9. The Kier molecular flexibility index (Phi) is 47.2. The summed E-state index contributed by atoms with van der Waals surface area (Å²) in [5.74, 6) is 0. The minimum Gasteiger partial charge on any atom is -0.423 e. The summed E-state index contributed by atoms with van der Waals surface area (Å²) in [6.07, 6.45) is 0. The molecule has 0 aliphatic carbocycles. The molecular formula is C131H113BBr2O2P6PdS2. The van der Waals surface area contributed by atoms with Gasteiger partial charge in [0, 0.05) is 48.8 Å². The summed E-state index contributed by atoms with van der Waals surface area (Å²) in [5, 5.41) is 42.6. The normalized spacial score (nSPS) is 10.4. The minimum atomic E-state index is -1.34. The molecule has 20 aromatic carbocycles. The van der Waals surface area contributed by atoms with Crippen LogP contribution in [-0.2, 0) is 20.4 Å². The predicted molar refractivity (Wildman–Crippen MR) is 651 cm³/mol. The summed E-state index contributed by atoms with van der Waals surface area (Å²) in [4.78, 5) is 3.71. The minimum absolute atomic E-state index is 0. The standard InChI is InChI=1S/6C18H15P.C11H9BrS.C7H8.C5H6BBrO2S.Pd/c6*1-4-10-16(11-5-1)19(17-12-6-2-7-13-17)18-14-8-3-9-15-18;1-8-10(12)7-11(13-8)9-5-3-2-4-6-9;1-7-5-3-2-4-6-7;1-3-4(7)2-5(10-3)6(8)9;/h6*1-15H;2-7H,1H3;2-6H,1H3;2,8-9H,1H3;. The van der Waals surface area contributed by atoms with Crippen LogP contribution in [0.5, 0.6) is 0 Å². The van der Waals surface area contributed by atoms with Crippen LogP contribution in [0.1, 0.15) is 15.3 Å². The van der Waals surface area contributed by atoms with E-state index in [1.54, 1.807) is 6.07 Å². The van der Waals surface area contributed by atoms with Crippen molar-refractivity contribution < 1.29 is 30.5 Å². The maximum absolute atomic E-state index is 8.71. The molecule has 14 heteroatoms. The molecule has 0 atom stereocenters. The Hall–Kier alpha value is -12.0. The van der Waals surface area contributed by atoms with Crippen molar-refractivity contribution in [2.24, 2.45) is 0 Å². The fourth-order valence-electron chi connectivity index (χ4n) is 15.4. The molecule has 2 aromatic heterocycles. The van der Waals surface area contributed by atoms with Crippen LogP contribution in [0, 0.1) is 20.8 Å². The van der Waals surface area contributed by atoms with E-state index in [1.807, 2.05) is 42.5 Å². The van der Waals surface area contributed by atoms with Crippen LogP contribution in [0.15, 0.2) is 628 Å². The summed E-state index contributed by atoms with van der Waals surface area (Å²) in [5.41, 5.74) is 2.61. The van der Waals surface area contributed by atoms with Gasteiger partial charge in [0.05, 0.1) is 0 Å². The van der Waals surface area contributed by atoms with Crippen molar-refractivity contribution in [1.82, 2.24) is 0 Å². The van der Waals surface area contributed by atoms with Gasteiger partial charge in [0.15, 0.2) is 0 Å². The molecule has 22 rings (SSSR count). The molecule has 0 amide bonds. The molecule has 0 aliphatic heterocycles. The third kappa shape index (κ3) is 35.1. The van der Waals surface area contributed by atoms with Crippen LogP contribution in [0.4, 0.5) is 0 Å². The molecule has 0 saturated carbocycles. The number of aryl methyl sites for hydroxylation is 3. The van der Waals surface area contributed by atoms with Gasteiger partial charge in [0.1, 0.15) is 0 Å². The Balaban J connectivity index is 0.000000138. The maximum Gasteiger partial charge on any atom is 0.499 e. The SMILES string of the molecule is Cc1ccccc1.Cc1sc(-c2ccccc2)cc1Br.Cc1sc(B(O)O)cc1Br.[Pd].c1ccc(P(c2ccccc2)c2ccccc2)cc1.c1ccc(P(c2ccccc2)c2ccccc2)cc1.c1ccc(P(c2ccccc2)c2ccccc2)cc1.c1ccc(P(c2ccccc2)c2ccccc2)cc1.c1ccc(P(c2ccccc2)c2ccccc2)cc1.c1ccc(P(c2ccccc2)c2ccccc2)cc1. The van der Waals surface area contributed by atoms with E-state index in [0.29, 0.717) is 4.78 Å². The van der Waals surface area contributed by atoms with Gasteiger partial charge in [-0.1, -0.05) is 612 Å². The second-order valence-electron chi connectivity index (χ2n) is 32.5. The molecule has 0 aliphatic rings. The topological polar surface area (TPSA) is 40.5 Å². The zero-order chi connectivity index (χ0) is 99.6. The molecule has 2 N–H and O–H groups in total. The molecule has 2 nitrogen and oxygen atoms in total. The first-order valence-electron chi connectivity index (χ1n) is 47.6. The fourth-order valence-corrected chi connectivity index (χ4v) is 32.2. The summed E-state index contributed by atoms with van der Waals surface area (Å²) < 4.78 is 2.71. The van der Waals surface area contributed by atoms with Gasteiger partial charge in [0.2, 0.25) is 0 Å². The number of thiophene rings is 2. The zero-order valence-electron chi connectivity index (χ0n) is 80.9. The van der Waals surface area contributed by atoms with Crippen molar-refractivity contribution in [3.63, 3.8) is 0 Å². The largest absolute Gasteiger partial charge is 0.499 e. The van der Waals surface area contributed by atoms with Crippen molar-refractivity contribution in [3.05, 3.63) is 643 Å².